The Morgan fingerprint density at radius 1 is 1.21 bits per heavy atom. The number of fused-ring (bicyclic) bond motifs is 2. The van der Waals surface area contributed by atoms with E-state index < -0.39 is 10.8 Å². The van der Waals surface area contributed by atoms with Crippen molar-refractivity contribution in [2.45, 2.75) is 50.7 Å². The molecule has 0 radical (unpaired) electrons. The summed E-state index contributed by atoms with van der Waals surface area (Å²) in [5.41, 5.74) is 4.92. The van der Waals surface area contributed by atoms with Crippen molar-refractivity contribution in [1.82, 2.24) is 24.3 Å². The lowest BCUT2D eigenvalue weighted by Gasteiger charge is -2.42. The predicted molar refractivity (Wildman–Crippen MR) is 149 cm³/mol. The smallest absolute Gasteiger partial charge is 0.306 e. The summed E-state index contributed by atoms with van der Waals surface area (Å²) in [5, 5.41) is 8.24. The maximum absolute atomic E-state index is 12.7. The molecule has 1 unspecified atom stereocenters. The van der Waals surface area contributed by atoms with Crippen molar-refractivity contribution in [2.75, 3.05) is 13.2 Å². The van der Waals surface area contributed by atoms with Gasteiger partial charge in [-0.2, -0.15) is 4.31 Å². The first-order valence-electron chi connectivity index (χ1n) is 12.9. The van der Waals surface area contributed by atoms with Crippen molar-refractivity contribution >= 4 is 27.9 Å². The molecule has 0 bridgehead atoms. The van der Waals surface area contributed by atoms with E-state index in [4.69, 9.17) is 9.47 Å². The van der Waals surface area contributed by atoms with Gasteiger partial charge < -0.3 is 9.47 Å². The molecule has 1 aliphatic rings. The number of aromatic nitrogens is 4. The van der Waals surface area contributed by atoms with E-state index in [9.17, 15) is 13.9 Å². The number of rotatable bonds is 7. The molecule has 5 rings (SSSR count). The van der Waals surface area contributed by atoms with Crippen molar-refractivity contribution in [3.05, 3.63) is 77.0 Å². The highest BCUT2D eigenvalue weighted by molar-refractivity contribution is 8.22. The van der Waals surface area contributed by atoms with Gasteiger partial charge in [0, 0.05) is 25.7 Å². The molecule has 4 aromatic rings. The van der Waals surface area contributed by atoms with Crippen LogP contribution < -0.4 is 4.74 Å². The van der Waals surface area contributed by atoms with Gasteiger partial charge in [-0.3, -0.25) is 13.9 Å². The summed E-state index contributed by atoms with van der Waals surface area (Å²) >= 11 is 0. The minimum absolute atomic E-state index is 0.126. The third-order valence-electron chi connectivity index (χ3n) is 6.96. The molecule has 0 aliphatic carbocycles. The second-order valence-electron chi connectivity index (χ2n) is 9.79. The Bertz CT molecular complexity index is 1510. The van der Waals surface area contributed by atoms with Gasteiger partial charge in [0.25, 0.3) is 0 Å². The van der Waals surface area contributed by atoms with E-state index in [0.717, 1.165) is 22.3 Å². The van der Waals surface area contributed by atoms with Crippen LogP contribution in [0.25, 0.3) is 11.2 Å². The average Bonchev–Trinajstić information content (AvgIpc) is 3.24. The largest absolute Gasteiger partial charge is 0.487 e. The number of benzene rings is 2. The van der Waals surface area contributed by atoms with E-state index in [1.54, 1.807) is 47.4 Å². The van der Waals surface area contributed by atoms with Gasteiger partial charge in [-0.1, -0.05) is 35.5 Å². The first kappa shape index (κ1) is 27.1. The summed E-state index contributed by atoms with van der Waals surface area (Å²) in [6, 6.07) is 15.0. The number of carbonyl (C=O) groups excluding carboxylic acids is 1. The third kappa shape index (κ3) is 5.48. The van der Waals surface area contributed by atoms with E-state index in [2.05, 4.69) is 15.3 Å². The number of aryl methyl sites for hydroxylation is 2. The van der Waals surface area contributed by atoms with E-state index in [-0.39, 0.29) is 31.0 Å². The molecule has 2 N–H and O–H groups in total. The quantitative estimate of drug-likeness (QED) is 0.303. The fraction of sp³-hybridized carbons (Fsp3) is 0.357. The highest BCUT2D eigenvalue weighted by Crippen LogP contribution is 2.57. The molecule has 11 heteroatoms. The number of ether oxygens (including phenoxy) is 2. The Labute approximate surface area is 229 Å². The van der Waals surface area contributed by atoms with Crippen LogP contribution in [0.2, 0.25) is 0 Å². The van der Waals surface area contributed by atoms with Crippen LogP contribution in [0.3, 0.4) is 0 Å². The standard InChI is InChI=1S/C28H33N5O5S/c1-5-37-27(34)14-23(21-13-24-28(29-15-21)32(4)31-30-24)20-11-10-18(2)22(12-20)17-33-16-19(3)38-25-8-6-7-9-26(25)39(33,35)36/h6-13,15,19,23,35-36H,5,14,16-17H2,1-4H3/t19-,23?/m1/s1. The number of pyridine rings is 1. The van der Waals surface area contributed by atoms with Crippen LogP contribution >= 0.6 is 10.8 Å². The number of hydrogen-bond donors (Lipinski definition) is 2. The Hall–Kier alpha value is -3.51. The van der Waals surface area contributed by atoms with Gasteiger partial charge in [0.1, 0.15) is 22.3 Å². The molecular weight excluding hydrogens is 518 g/mol. The number of nitrogens with zero attached hydrogens (tertiary/aromatic N) is 5. The molecule has 0 spiro atoms. The topological polar surface area (TPSA) is 123 Å². The van der Waals surface area contributed by atoms with Crippen molar-refractivity contribution in [1.29, 1.82) is 0 Å². The normalized spacial score (nSPS) is 18.6. The molecular formula is C28H33N5O5S. The van der Waals surface area contributed by atoms with Gasteiger partial charge >= 0.3 is 5.97 Å². The van der Waals surface area contributed by atoms with Gasteiger partial charge in [-0.05, 0) is 61.2 Å². The van der Waals surface area contributed by atoms with Crippen LogP contribution in [0.5, 0.6) is 5.75 Å². The SMILES string of the molecule is CCOC(=O)CC(c1ccc(C)c(CN2C[C@@H](C)Oc3ccccc3S2(O)O)c1)c1cnc2c(c1)nnn2C. The Kier molecular flexibility index (Phi) is 7.59. The number of esters is 1. The van der Waals surface area contributed by atoms with Crippen LogP contribution in [-0.2, 0) is 23.1 Å². The molecule has 0 saturated carbocycles. The summed E-state index contributed by atoms with van der Waals surface area (Å²) in [4.78, 5) is 17.6. The van der Waals surface area contributed by atoms with Gasteiger partial charge in [0.15, 0.2) is 5.65 Å². The van der Waals surface area contributed by atoms with Crippen LogP contribution in [0.1, 0.15) is 48.4 Å². The second-order valence-corrected chi connectivity index (χ2v) is 11.8. The Morgan fingerprint density at radius 3 is 2.79 bits per heavy atom. The Morgan fingerprint density at radius 2 is 2.00 bits per heavy atom. The molecule has 2 aromatic carbocycles. The minimum atomic E-state index is -3.29. The van der Waals surface area contributed by atoms with E-state index in [1.165, 1.54) is 0 Å². The van der Waals surface area contributed by atoms with Crippen LogP contribution in [0.15, 0.2) is 59.6 Å². The van der Waals surface area contributed by atoms with E-state index in [1.807, 2.05) is 44.2 Å². The molecule has 0 saturated heterocycles. The van der Waals surface area contributed by atoms with Crippen molar-refractivity contribution in [3.8, 4) is 5.75 Å². The first-order valence-corrected chi connectivity index (χ1v) is 14.4. The van der Waals surface area contributed by atoms with Gasteiger partial charge in [-0.15, -0.1) is 15.9 Å². The molecule has 0 fully saturated rings. The number of carbonyl (C=O) groups is 1. The summed E-state index contributed by atoms with van der Waals surface area (Å²) in [7, 11) is -1.51. The van der Waals surface area contributed by atoms with E-state index >= 15 is 0 Å². The molecule has 10 nitrogen and oxygen atoms in total. The monoisotopic (exact) mass is 551 g/mol. The second kappa shape index (κ2) is 10.9. The number of para-hydroxylation sites is 1. The van der Waals surface area contributed by atoms with Crippen LogP contribution in [0.4, 0.5) is 0 Å². The van der Waals surface area contributed by atoms with E-state index in [0.29, 0.717) is 35.0 Å². The molecule has 0 amide bonds. The summed E-state index contributed by atoms with van der Waals surface area (Å²) < 4.78 is 37.3. The zero-order chi connectivity index (χ0) is 27.7. The molecule has 2 atom stereocenters. The number of hydrogen-bond acceptors (Lipinski definition) is 9. The van der Waals surface area contributed by atoms with Crippen molar-refractivity contribution in [3.63, 3.8) is 0 Å². The van der Waals surface area contributed by atoms with Crippen molar-refractivity contribution in [2.24, 2.45) is 7.05 Å². The maximum Gasteiger partial charge on any atom is 0.306 e. The fourth-order valence-corrected chi connectivity index (χ4v) is 6.59. The molecule has 206 valence electrons. The lowest BCUT2D eigenvalue weighted by molar-refractivity contribution is -0.143. The van der Waals surface area contributed by atoms with Crippen LogP contribution in [0, 0.1) is 6.92 Å². The molecule has 1 aliphatic heterocycles. The minimum Gasteiger partial charge on any atom is -0.487 e. The lowest BCUT2D eigenvalue weighted by Crippen LogP contribution is -2.33. The molecule has 39 heavy (non-hydrogen) atoms. The van der Waals surface area contributed by atoms with Crippen LogP contribution in [-0.4, -0.2) is 58.6 Å². The third-order valence-corrected chi connectivity index (χ3v) is 8.88. The lowest BCUT2D eigenvalue weighted by atomic mass is 9.87. The predicted octanol–water partition coefficient (Wildman–Crippen LogP) is 5.06. The summed E-state index contributed by atoms with van der Waals surface area (Å²) in [6.07, 6.45) is 1.63. The van der Waals surface area contributed by atoms with Gasteiger partial charge in [0.05, 0.1) is 19.6 Å². The summed E-state index contributed by atoms with van der Waals surface area (Å²) in [5.74, 6) is -0.165. The zero-order valence-corrected chi connectivity index (χ0v) is 23.3. The highest BCUT2D eigenvalue weighted by Gasteiger charge is 2.34. The van der Waals surface area contributed by atoms with Gasteiger partial charge in [-0.25, -0.2) is 9.67 Å². The highest BCUT2D eigenvalue weighted by atomic mass is 32.3. The Balaban J connectivity index is 1.52. The summed E-state index contributed by atoms with van der Waals surface area (Å²) in [6.45, 7) is 6.61. The molecule has 2 aromatic heterocycles. The maximum atomic E-state index is 12.7. The first-order chi connectivity index (χ1) is 18.7. The van der Waals surface area contributed by atoms with Crippen molar-refractivity contribution < 1.29 is 23.4 Å². The van der Waals surface area contributed by atoms with Gasteiger partial charge in [0.2, 0.25) is 0 Å². The molecule has 3 heterocycles. The zero-order valence-electron chi connectivity index (χ0n) is 22.4. The average molecular weight is 552 g/mol. The fourth-order valence-electron chi connectivity index (χ4n) is 4.93.